The Labute approximate surface area is 124 Å². The van der Waals surface area contributed by atoms with Crippen LogP contribution in [0.3, 0.4) is 0 Å². The molecule has 2 atom stereocenters. The van der Waals surface area contributed by atoms with Gasteiger partial charge < -0.3 is 4.90 Å². The smallest absolute Gasteiger partial charge is 0.243 e. The molecule has 116 valence electrons. The molecule has 1 aliphatic carbocycles. The first-order valence-electron chi connectivity index (χ1n) is 8.33. The lowest BCUT2D eigenvalue weighted by atomic mass is 9.91. The molecule has 0 aromatic rings. The van der Waals surface area contributed by atoms with E-state index in [-0.39, 0.29) is 11.7 Å². The summed E-state index contributed by atoms with van der Waals surface area (Å²) in [4.78, 5) is 15.0. The second-order valence-corrected chi connectivity index (χ2v) is 7.93. The third kappa shape index (κ3) is 2.74. The van der Waals surface area contributed by atoms with Crippen LogP contribution in [0, 0.1) is 17.3 Å². The first-order valence-corrected chi connectivity index (χ1v) is 8.33. The topological polar surface area (TPSA) is 32.3 Å². The van der Waals surface area contributed by atoms with Gasteiger partial charge in [0.05, 0.1) is 11.7 Å². The van der Waals surface area contributed by atoms with Crippen molar-refractivity contribution in [1.82, 2.24) is 10.2 Å². The number of hydrogen-bond acceptors (Lipinski definition) is 2. The predicted octanol–water partition coefficient (Wildman–Crippen LogP) is 3.40. The van der Waals surface area contributed by atoms with Crippen LogP contribution in [0.5, 0.6) is 0 Å². The third-order valence-corrected chi connectivity index (χ3v) is 5.60. The van der Waals surface area contributed by atoms with Crippen LogP contribution < -0.4 is 5.32 Å². The quantitative estimate of drug-likeness (QED) is 0.809. The Morgan fingerprint density at radius 2 is 1.90 bits per heavy atom. The summed E-state index contributed by atoms with van der Waals surface area (Å²) >= 11 is 0. The lowest BCUT2D eigenvalue weighted by molar-refractivity contribution is -0.134. The van der Waals surface area contributed by atoms with Gasteiger partial charge >= 0.3 is 0 Å². The summed E-state index contributed by atoms with van der Waals surface area (Å²) in [5.41, 5.74) is 0.0399. The van der Waals surface area contributed by atoms with Crippen molar-refractivity contribution in [2.75, 3.05) is 6.54 Å². The molecular weight excluding hydrogens is 248 g/mol. The van der Waals surface area contributed by atoms with Crippen LogP contribution in [0.4, 0.5) is 0 Å². The van der Waals surface area contributed by atoms with Gasteiger partial charge in [-0.15, -0.1) is 0 Å². The summed E-state index contributed by atoms with van der Waals surface area (Å²) in [7, 11) is 0. The minimum absolute atomic E-state index is 0.226. The average molecular weight is 280 g/mol. The normalized spacial score (nSPS) is 32.5. The van der Waals surface area contributed by atoms with Gasteiger partial charge in [0.2, 0.25) is 5.91 Å². The van der Waals surface area contributed by atoms with Gasteiger partial charge in [-0.1, -0.05) is 34.6 Å². The van der Waals surface area contributed by atoms with Crippen molar-refractivity contribution < 1.29 is 4.79 Å². The maximum atomic E-state index is 12.8. The van der Waals surface area contributed by atoms with E-state index >= 15 is 0 Å². The van der Waals surface area contributed by atoms with Crippen molar-refractivity contribution in [1.29, 1.82) is 0 Å². The fourth-order valence-corrected chi connectivity index (χ4v) is 3.45. The highest BCUT2D eigenvalue weighted by Crippen LogP contribution is 2.53. The molecule has 0 aromatic heterocycles. The molecule has 1 heterocycles. The molecule has 1 saturated carbocycles. The van der Waals surface area contributed by atoms with Crippen molar-refractivity contribution in [2.45, 2.75) is 78.9 Å². The molecule has 0 aromatic carbocycles. The van der Waals surface area contributed by atoms with E-state index in [9.17, 15) is 4.79 Å². The van der Waals surface area contributed by atoms with Gasteiger partial charge in [-0.25, -0.2) is 0 Å². The van der Waals surface area contributed by atoms with E-state index in [2.05, 4.69) is 51.8 Å². The molecule has 2 rings (SSSR count). The van der Waals surface area contributed by atoms with Crippen molar-refractivity contribution >= 4 is 5.91 Å². The third-order valence-electron chi connectivity index (χ3n) is 5.60. The van der Waals surface area contributed by atoms with Gasteiger partial charge in [0, 0.05) is 6.54 Å². The maximum Gasteiger partial charge on any atom is 0.243 e. The Balaban J connectivity index is 2.16. The summed E-state index contributed by atoms with van der Waals surface area (Å²) in [6, 6.07) is 0. The molecule has 3 nitrogen and oxygen atoms in total. The zero-order valence-electron chi connectivity index (χ0n) is 14.1. The van der Waals surface area contributed by atoms with E-state index in [0.29, 0.717) is 23.2 Å². The van der Waals surface area contributed by atoms with Crippen LogP contribution in [0.15, 0.2) is 0 Å². The molecule has 1 amide bonds. The molecule has 3 heteroatoms. The molecule has 0 bridgehead atoms. The molecule has 2 aliphatic rings. The van der Waals surface area contributed by atoms with Crippen LogP contribution in [0.25, 0.3) is 0 Å². The first-order chi connectivity index (χ1) is 9.24. The molecule has 20 heavy (non-hydrogen) atoms. The second kappa shape index (κ2) is 5.32. The standard InChI is InChI=1S/C17H32N2O/c1-7-16(6)15(20)19(14(18-16)10-12(2)3)11-17(8-9-17)13(4)5/h12-14,18H,7-11H2,1-6H3. The zero-order valence-corrected chi connectivity index (χ0v) is 14.1. The van der Waals surface area contributed by atoms with Crippen LogP contribution in [0.1, 0.15) is 67.2 Å². The molecule has 2 unspecified atom stereocenters. The highest BCUT2D eigenvalue weighted by atomic mass is 16.2. The minimum Gasteiger partial charge on any atom is -0.325 e. The monoisotopic (exact) mass is 280 g/mol. The summed E-state index contributed by atoms with van der Waals surface area (Å²) in [5, 5.41) is 3.61. The van der Waals surface area contributed by atoms with E-state index in [1.54, 1.807) is 0 Å². The largest absolute Gasteiger partial charge is 0.325 e. The van der Waals surface area contributed by atoms with Crippen molar-refractivity contribution in [2.24, 2.45) is 17.3 Å². The van der Waals surface area contributed by atoms with E-state index in [0.717, 1.165) is 19.4 Å². The molecule has 2 fully saturated rings. The molecule has 1 aliphatic heterocycles. The van der Waals surface area contributed by atoms with E-state index in [1.807, 2.05) is 0 Å². The lowest BCUT2D eigenvalue weighted by Gasteiger charge is -2.31. The maximum absolute atomic E-state index is 12.8. The fourth-order valence-electron chi connectivity index (χ4n) is 3.45. The van der Waals surface area contributed by atoms with Crippen LogP contribution in [0.2, 0.25) is 0 Å². The van der Waals surface area contributed by atoms with E-state index < -0.39 is 0 Å². The van der Waals surface area contributed by atoms with E-state index in [4.69, 9.17) is 0 Å². The number of nitrogens with one attached hydrogen (secondary N) is 1. The number of nitrogens with zero attached hydrogens (tertiary/aromatic N) is 1. The van der Waals surface area contributed by atoms with E-state index in [1.165, 1.54) is 12.8 Å². The molecular formula is C17H32N2O. The molecule has 0 spiro atoms. The van der Waals surface area contributed by atoms with Gasteiger partial charge in [0.1, 0.15) is 0 Å². The first kappa shape index (κ1) is 15.8. The second-order valence-electron chi connectivity index (χ2n) is 7.93. The Morgan fingerprint density at radius 3 is 2.30 bits per heavy atom. The van der Waals surface area contributed by atoms with Gasteiger partial charge in [-0.05, 0) is 49.9 Å². The van der Waals surface area contributed by atoms with Crippen LogP contribution in [-0.2, 0) is 4.79 Å². The molecule has 1 saturated heterocycles. The Morgan fingerprint density at radius 1 is 1.30 bits per heavy atom. The summed E-state index contributed by atoms with van der Waals surface area (Å²) < 4.78 is 0. The summed E-state index contributed by atoms with van der Waals surface area (Å²) in [6.45, 7) is 14.2. The number of rotatable bonds is 6. The summed E-state index contributed by atoms with van der Waals surface area (Å²) in [6.07, 6.45) is 4.71. The van der Waals surface area contributed by atoms with Crippen LogP contribution >= 0.6 is 0 Å². The Kier molecular flexibility index (Phi) is 4.21. The molecule has 0 radical (unpaired) electrons. The van der Waals surface area contributed by atoms with Crippen molar-refractivity contribution in [3.05, 3.63) is 0 Å². The predicted molar refractivity (Wildman–Crippen MR) is 83.3 cm³/mol. The number of amides is 1. The lowest BCUT2D eigenvalue weighted by Crippen LogP contribution is -2.44. The Bertz CT molecular complexity index is 373. The SMILES string of the molecule is CCC1(C)NC(CC(C)C)N(CC2(C(C)C)CC2)C1=O. The van der Waals surface area contributed by atoms with Gasteiger partial charge in [-0.2, -0.15) is 0 Å². The number of hydrogen-bond donors (Lipinski definition) is 1. The Hall–Kier alpha value is -0.570. The highest BCUT2D eigenvalue weighted by Gasteiger charge is 2.53. The molecule has 1 N–H and O–H groups in total. The zero-order chi connectivity index (χ0) is 15.1. The van der Waals surface area contributed by atoms with Gasteiger partial charge in [-0.3, -0.25) is 10.1 Å². The minimum atomic E-state index is -0.355. The van der Waals surface area contributed by atoms with Crippen LogP contribution in [-0.4, -0.2) is 29.1 Å². The van der Waals surface area contributed by atoms with Crippen molar-refractivity contribution in [3.8, 4) is 0 Å². The number of carbonyl (C=O) groups is 1. The van der Waals surface area contributed by atoms with Gasteiger partial charge in [0.25, 0.3) is 0 Å². The summed E-state index contributed by atoms with van der Waals surface area (Å²) in [5.74, 6) is 1.59. The van der Waals surface area contributed by atoms with Gasteiger partial charge in [0.15, 0.2) is 0 Å². The van der Waals surface area contributed by atoms with Crippen molar-refractivity contribution in [3.63, 3.8) is 0 Å². The highest BCUT2D eigenvalue weighted by molar-refractivity contribution is 5.88. The fraction of sp³-hybridized carbons (Fsp3) is 0.941. The number of carbonyl (C=O) groups excluding carboxylic acids is 1. The average Bonchev–Trinajstić information content (AvgIpc) is 3.10.